The summed E-state index contributed by atoms with van der Waals surface area (Å²) in [5.41, 5.74) is 1.71. The number of nitrogens with one attached hydrogen (secondary N) is 2. The van der Waals surface area contributed by atoms with E-state index < -0.39 is 0 Å². The fraction of sp³-hybridized carbons (Fsp3) is 0.200. The Kier molecular flexibility index (Phi) is 7.36. The molecule has 208 valence electrons. The van der Waals surface area contributed by atoms with Crippen LogP contribution in [-0.4, -0.2) is 58.6 Å². The molecule has 1 atom stereocenters. The van der Waals surface area contributed by atoms with Crippen LogP contribution in [0.4, 0.5) is 21.9 Å². The van der Waals surface area contributed by atoms with Crippen LogP contribution in [0.2, 0.25) is 0 Å². The molecule has 11 heteroatoms. The number of aliphatic hydroxyl groups excluding tert-OH is 1. The number of likely N-dealkylation sites (tertiary alicyclic amines) is 1. The van der Waals surface area contributed by atoms with Crippen LogP contribution in [0.25, 0.3) is 10.2 Å². The normalized spacial score (nSPS) is 16.6. The molecule has 2 aromatic carbocycles. The predicted molar refractivity (Wildman–Crippen MR) is 157 cm³/mol. The molecule has 4 heterocycles. The zero-order valence-electron chi connectivity index (χ0n) is 21.9. The fourth-order valence-corrected chi connectivity index (χ4v) is 6.12. The number of nitrogens with zero attached hydrogens (tertiary/aromatic N) is 3. The maximum Gasteiger partial charge on any atom is 0.331 e. The zero-order valence-corrected chi connectivity index (χ0v) is 22.8. The van der Waals surface area contributed by atoms with Crippen LogP contribution in [0, 0.1) is 0 Å². The monoisotopic (exact) mass is 569 g/mol. The minimum atomic E-state index is -0.390. The molecule has 4 aromatic rings. The Balaban J connectivity index is 1.23. The van der Waals surface area contributed by atoms with Crippen molar-refractivity contribution in [2.75, 3.05) is 29.9 Å². The predicted octanol–water partition coefficient (Wildman–Crippen LogP) is 5.04. The number of anilines is 3. The third kappa shape index (κ3) is 5.37. The summed E-state index contributed by atoms with van der Waals surface area (Å²) >= 11 is 1.22. The van der Waals surface area contributed by atoms with E-state index in [1.165, 1.54) is 23.5 Å². The van der Waals surface area contributed by atoms with Crippen LogP contribution in [0.1, 0.15) is 22.5 Å². The van der Waals surface area contributed by atoms with Crippen molar-refractivity contribution in [3.05, 3.63) is 83.9 Å². The van der Waals surface area contributed by atoms with Crippen LogP contribution in [0.3, 0.4) is 0 Å². The summed E-state index contributed by atoms with van der Waals surface area (Å²) in [4.78, 5) is 47.9. The van der Waals surface area contributed by atoms with Crippen molar-refractivity contribution < 1.29 is 24.2 Å². The molecule has 2 aliphatic rings. The number of carbonyl (C=O) groups excluding carboxylic acids is 3. The first-order valence-corrected chi connectivity index (χ1v) is 14.1. The Hall–Kier alpha value is -4.74. The SMILES string of the molecule is O=C(NC1CCCN(C(=O)C=CCO)C1)c1sc2nccc3c2c1NC(=O)N3c1ccc(Oc2ccccc2)cc1. The lowest BCUT2D eigenvalue weighted by molar-refractivity contribution is -0.127. The van der Waals surface area contributed by atoms with Gasteiger partial charge in [-0.15, -0.1) is 11.3 Å². The standard InChI is InChI=1S/C30H27N5O5S/c36-17-5-9-24(37)34-16-4-6-19(18-34)32-28(38)27-26-25-23(14-15-31-29(25)41-27)35(30(39)33-26)20-10-12-22(13-11-20)40-21-7-2-1-3-8-21/h1-3,5,7-15,19,36H,4,6,16-18H2,(H,32,38)(H,33,39). The molecule has 1 unspecified atom stereocenters. The second-order valence-electron chi connectivity index (χ2n) is 9.67. The number of para-hydroxylation sites is 1. The number of aromatic nitrogens is 1. The third-order valence-corrected chi connectivity index (χ3v) is 8.06. The Morgan fingerprint density at radius 1 is 1.12 bits per heavy atom. The number of benzene rings is 2. The van der Waals surface area contributed by atoms with Gasteiger partial charge >= 0.3 is 6.03 Å². The number of pyridine rings is 1. The van der Waals surface area contributed by atoms with Gasteiger partial charge in [-0.05, 0) is 55.3 Å². The summed E-state index contributed by atoms with van der Waals surface area (Å²) < 4.78 is 5.88. The Morgan fingerprint density at radius 3 is 2.68 bits per heavy atom. The highest BCUT2D eigenvalue weighted by atomic mass is 32.1. The number of urea groups is 1. The van der Waals surface area contributed by atoms with Gasteiger partial charge in [0, 0.05) is 31.4 Å². The molecular weight excluding hydrogens is 542 g/mol. The van der Waals surface area contributed by atoms with Crippen molar-refractivity contribution in [1.82, 2.24) is 15.2 Å². The molecule has 3 N–H and O–H groups in total. The molecule has 0 bridgehead atoms. The second-order valence-corrected chi connectivity index (χ2v) is 10.7. The smallest absolute Gasteiger partial charge is 0.331 e. The van der Waals surface area contributed by atoms with Gasteiger partial charge in [0.05, 0.1) is 29.1 Å². The first kappa shape index (κ1) is 26.5. The summed E-state index contributed by atoms with van der Waals surface area (Å²) in [6, 6.07) is 17.8. The molecule has 41 heavy (non-hydrogen) atoms. The van der Waals surface area contributed by atoms with Crippen molar-refractivity contribution in [3.8, 4) is 11.5 Å². The Bertz CT molecular complexity index is 1640. The van der Waals surface area contributed by atoms with E-state index >= 15 is 0 Å². The number of piperidine rings is 1. The minimum Gasteiger partial charge on any atom is -0.457 e. The lowest BCUT2D eigenvalue weighted by atomic mass is 10.1. The number of ether oxygens (including phenoxy) is 1. The summed E-state index contributed by atoms with van der Waals surface area (Å²) in [7, 11) is 0. The van der Waals surface area contributed by atoms with Gasteiger partial charge in [-0.1, -0.05) is 24.3 Å². The number of thiophene rings is 1. The van der Waals surface area contributed by atoms with Crippen LogP contribution in [0.15, 0.2) is 79.0 Å². The number of hydrogen-bond acceptors (Lipinski definition) is 7. The molecule has 10 nitrogen and oxygen atoms in total. The van der Waals surface area contributed by atoms with Crippen LogP contribution in [0.5, 0.6) is 11.5 Å². The van der Waals surface area contributed by atoms with Crippen LogP contribution >= 0.6 is 11.3 Å². The number of amides is 4. The lowest BCUT2D eigenvalue weighted by Gasteiger charge is -2.32. The van der Waals surface area contributed by atoms with E-state index in [-0.39, 0.29) is 30.5 Å². The van der Waals surface area contributed by atoms with E-state index in [2.05, 4.69) is 15.6 Å². The van der Waals surface area contributed by atoms with E-state index in [1.54, 1.807) is 46.3 Å². The van der Waals surface area contributed by atoms with Gasteiger partial charge in [-0.2, -0.15) is 0 Å². The third-order valence-electron chi connectivity index (χ3n) is 6.96. The van der Waals surface area contributed by atoms with Gasteiger partial charge in [0.1, 0.15) is 21.2 Å². The molecule has 0 saturated carbocycles. The molecule has 0 radical (unpaired) electrons. The molecule has 1 saturated heterocycles. The Labute approximate surface area is 239 Å². The fourth-order valence-electron chi connectivity index (χ4n) is 5.09. The maximum absolute atomic E-state index is 13.4. The Morgan fingerprint density at radius 2 is 1.90 bits per heavy atom. The first-order valence-electron chi connectivity index (χ1n) is 13.2. The van der Waals surface area contributed by atoms with Crippen molar-refractivity contribution in [1.29, 1.82) is 0 Å². The minimum absolute atomic E-state index is 0.198. The molecule has 2 aromatic heterocycles. The molecule has 4 amide bonds. The van der Waals surface area contributed by atoms with Gasteiger partial charge in [-0.25, -0.2) is 9.78 Å². The molecule has 6 rings (SSSR count). The quantitative estimate of drug-likeness (QED) is 0.268. The van der Waals surface area contributed by atoms with Gasteiger partial charge < -0.3 is 25.4 Å². The number of aliphatic hydroxyl groups is 1. The summed E-state index contributed by atoms with van der Waals surface area (Å²) in [6.07, 6.45) is 5.85. The van der Waals surface area contributed by atoms with Gasteiger partial charge in [0.15, 0.2) is 0 Å². The zero-order chi connectivity index (χ0) is 28.3. The van der Waals surface area contributed by atoms with Crippen LogP contribution < -0.4 is 20.3 Å². The molecule has 1 fully saturated rings. The van der Waals surface area contributed by atoms with Crippen molar-refractivity contribution in [3.63, 3.8) is 0 Å². The maximum atomic E-state index is 13.4. The van der Waals surface area contributed by atoms with E-state index in [4.69, 9.17) is 9.84 Å². The largest absolute Gasteiger partial charge is 0.457 e. The van der Waals surface area contributed by atoms with E-state index in [0.29, 0.717) is 56.7 Å². The summed E-state index contributed by atoms with van der Waals surface area (Å²) in [5, 5.41) is 15.6. The highest BCUT2D eigenvalue weighted by molar-refractivity contribution is 7.21. The average Bonchev–Trinajstić information content (AvgIpc) is 3.37. The number of hydrogen-bond donors (Lipinski definition) is 3. The molecule has 2 aliphatic heterocycles. The highest BCUT2D eigenvalue weighted by Crippen LogP contribution is 2.45. The first-order chi connectivity index (χ1) is 20.0. The van der Waals surface area contributed by atoms with Gasteiger partial charge in [-0.3, -0.25) is 14.5 Å². The van der Waals surface area contributed by atoms with Gasteiger partial charge in [0.25, 0.3) is 5.91 Å². The topological polar surface area (TPSA) is 124 Å². The van der Waals surface area contributed by atoms with E-state index in [1.807, 2.05) is 30.3 Å². The highest BCUT2D eigenvalue weighted by Gasteiger charge is 2.33. The van der Waals surface area contributed by atoms with Gasteiger partial charge in [0.2, 0.25) is 5.91 Å². The van der Waals surface area contributed by atoms with E-state index in [0.717, 1.165) is 12.8 Å². The molecule has 0 aliphatic carbocycles. The lowest BCUT2D eigenvalue weighted by Crippen LogP contribution is -2.49. The van der Waals surface area contributed by atoms with E-state index in [9.17, 15) is 14.4 Å². The number of rotatable bonds is 7. The number of carbonyl (C=O) groups is 3. The summed E-state index contributed by atoms with van der Waals surface area (Å²) in [5.74, 6) is 0.831. The average molecular weight is 570 g/mol. The second kappa shape index (κ2) is 11.4. The van der Waals surface area contributed by atoms with Crippen molar-refractivity contribution >= 4 is 56.5 Å². The summed E-state index contributed by atoms with van der Waals surface area (Å²) in [6.45, 7) is 0.753. The van der Waals surface area contributed by atoms with Crippen molar-refractivity contribution in [2.45, 2.75) is 18.9 Å². The van der Waals surface area contributed by atoms with Crippen LogP contribution in [-0.2, 0) is 4.79 Å². The van der Waals surface area contributed by atoms with Crippen molar-refractivity contribution in [2.24, 2.45) is 0 Å². The molecule has 0 spiro atoms. The molecular formula is C30H27N5O5S.